The molecule has 2 fully saturated rings. The second kappa shape index (κ2) is 7.15. The first kappa shape index (κ1) is 16.6. The molecule has 0 unspecified atom stereocenters. The van der Waals surface area contributed by atoms with Gasteiger partial charge in [0.1, 0.15) is 12.4 Å². The third-order valence-corrected chi connectivity index (χ3v) is 4.51. The van der Waals surface area contributed by atoms with Crippen LogP contribution in [0.4, 0.5) is 4.79 Å². The van der Waals surface area contributed by atoms with Crippen molar-refractivity contribution in [1.82, 2.24) is 25.0 Å². The van der Waals surface area contributed by atoms with E-state index in [1.54, 1.807) is 9.58 Å². The van der Waals surface area contributed by atoms with Crippen LogP contribution in [0.15, 0.2) is 30.3 Å². The molecule has 2 aromatic rings. The molecule has 1 aliphatic carbocycles. The third kappa shape index (κ3) is 3.54. The molecule has 1 saturated carbocycles. The number of hydrogen-bond donors (Lipinski definition) is 1. The molecule has 1 aliphatic heterocycles. The topological polar surface area (TPSA) is 89.4 Å². The van der Waals surface area contributed by atoms with Crippen molar-refractivity contribution in [2.45, 2.75) is 25.2 Å². The summed E-state index contributed by atoms with van der Waals surface area (Å²) in [5, 5.41) is 7.25. The monoisotopic (exact) mass is 355 g/mol. The first-order valence-corrected chi connectivity index (χ1v) is 8.94. The highest BCUT2D eigenvalue weighted by Crippen LogP contribution is 2.39. The van der Waals surface area contributed by atoms with E-state index in [-0.39, 0.29) is 17.8 Å². The number of nitrogens with one attached hydrogen (secondary N) is 1. The van der Waals surface area contributed by atoms with E-state index in [9.17, 15) is 9.59 Å². The van der Waals surface area contributed by atoms with Crippen molar-refractivity contribution in [3.63, 3.8) is 0 Å². The number of nitrogens with zero attached hydrogens (tertiary/aromatic N) is 4. The number of para-hydroxylation sites is 1. The Balaban J connectivity index is 1.38. The van der Waals surface area contributed by atoms with Crippen molar-refractivity contribution in [1.29, 1.82) is 0 Å². The maximum Gasteiger partial charge on any atom is 0.409 e. The van der Waals surface area contributed by atoms with Crippen molar-refractivity contribution < 1.29 is 14.3 Å². The van der Waals surface area contributed by atoms with Crippen LogP contribution in [-0.2, 0) is 4.74 Å². The van der Waals surface area contributed by atoms with E-state index in [0.29, 0.717) is 38.6 Å². The van der Waals surface area contributed by atoms with Crippen LogP contribution in [0.2, 0.25) is 0 Å². The first-order valence-electron chi connectivity index (χ1n) is 8.94. The molecular formula is C18H21N5O3. The van der Waals surface area contributed by atoms with Crippen LogP contribution in [-0.4, -0.2) is 57.9 Å². The minimum absolute atomic E-state index is 0.191. The smallest absolute Gasteiger partial charge is 0.409 e. The Morgan fingerprint density at radius 1 is 1.27 bits per heavy atom. The molecule has 4 rings (SSSR count). The zero-order chi connectivity index (χ0) is 17.9. The van der Waals surface area contributed by atoms with Gasteiger partial charge in [-0.05, 0) is 31.4 Å². The van der Waals surface area contributed by atoms with Gasteiger partial charge >= 0.3 is 6.09 Å². The number of carbonyl (C=O) groups excluding carboxylic acids is 2. The predicted octanol–water partition coefficient (Wildman–Crippen LogP) is 1.72. The zero-order valence-electron chi connectivity index (χ0n) is 14.4. The summed E-state index contributed by atoms with van der Waals surface area (Å²) in [6.45, 7) is 2.08. The molecular weight excluding hydrogens is 334 g/mol. The van der Waals surface area contributed by atoms with Crippen LogP contribution >= 0.6 is 0 Å². The van der Waals surface area contributed by atoms with Crippen LogP contribution in [0.1, 0.15) is 41.6 Å². The number of cyclic esters (lactones) is 1. The molecule has 0 spiro atoms. The second-order valence-corrected chi connectivity index (χ2v) is 6.53. The van der Waals surface area contributed by atoms with E-state index in [2.05, 4.69) is 15.4 Å². The lowest BCUT2D eigenvalue weighted by atomic mass is 10.3. The summed E-state index contributed by atoms with van der Waals surface area (Å²) in [4.78, 5) is 29.9. The van der Waals surface area contributed by atoms with E-state index in [1.807, 2.05) is 30.3 Å². The number of benzene rings is 1. The van der Waals surface area contributed by atoms with Gasteiger partial charge < -0.3 is 15.0 Å². The van der Waals surface area contributed by atoms with Crippen LogP contribution < -0.4 is 5.32 Å². The normalized spacial score (nSPS) is 16.6. The van der Waals surface area contributed by atoms with E-state index in [0.717, 1.165) is 24.4 Å². The zero-order valence-corrected chi connectivity index (χ0v) is 14.4. The maximum atomic E-state index is 12.4. The number of carbonyl (C=O) groups is 2. The summed E-state index contributed by atoms with van der Waals surface area (Å²) in [5.41, 5.74) is 0.911. The number of amides is 2. The number of aromatic nitrogens is 3. The number of hydrogen-bond acceptors (Lipinski definition) is 5. The van der Waals surface area contributed by atoms with Gasteiger partial charge in [-0.15, -0.1) is 5.10 Å². The Morgan fingerprint density at radius 3 is 2.77 bits per heavy atom. The molecule has 2 heterocycles. The molecule has 8 heteroatoms. The third-order valence-electron chi connectivity index (χ3n) is 4.51. The average Bonchev–Trinajstić information content (AvgIpc) is 3.28. The lowest BCUT2D eigenvalue weighted by Gasteiger charge is -2.11. The molecule has 8 nitrogen and oxygen atoms in total. The van der Waals surface area contributed by atoms with Crippen molar-refractivity contribution in [3.8, 4) is 5.69 Å². The molecule has 2 amide bonds. The van der Waals surface area contributed by atoms with Gasteiger partial charge in [-0.1, -0.05) is 18.2 Å². The minimum atomic E-state index is -0.287. The SMILES string of the molecule is O=C(NCCCN1CCOC1=O)c1nc(C2CC2)n(-c2ccccc2)n1. The van der Waals surface area contributed by atoms with Gasteiger partial charge in [0.25, 0.3) is 5.91 Å². The molecule has 0 bridgehead atoms. The van der Waals surface area contributed by atoms with E-state index in [4.69, 9.17) is 4.74 Å². The molecule has 1 N–H and O–H groups in total. The summed E-state index contributed by atoms with van der Waals surface area (Å²) >= 11 is 0. The Labute approximate surface area is 151 Å². The van der Waals surface area contributed by atoms with Crippen molar-refractivity contribution >= 4 is 12.0 Å². The van der Waals surface area contributed by atoms with Gasteiger partial charge in [0.05, 0.1) is 12.2 Å². The fourth-order valence-corrected chi connectivity index (χ4v) is 2.97. The largest absolute Gasteiger partial charge is 0.448 e. The highest BCUT2D eigenvalue weighted by Gasteiger charge is 2.31. The Kier molecular flexibility index (Phi) is 4.55. The van der Waals surface area contributed by atoms with Crippen LogP contribution in [0.5, 0.6) is 0 Å². The van der Waals surface area contributed by atoms with Crippen molar-refractivity contribution in [2.75, 3.05) is 26.2 Å². The molecule has 26 heavy (non-hydrogen) atoms. The van der Waals surface area contributed by atoms with Crippen LogP contribution in [0, 0.1) is 0 Å². The van der Waals surface area contributed by atoms with Crippen LogP contribution in [0.3, 0.4) is 0 Å². The molecule has 0 radical (unpaired) electrons. The Hall–Kier alpha value is -2.90. The summed E-state index contributed by atoms with van der Waals surface area (Å²) in [6, 6.07) is 9.74. The molecule has 2 aliphatic rings. The maximum absolute atomic E-state index is 12.4. The van der Waals surface area contributed by atoms with Gasteiger partial charge in [-0.3, -0.25) is 4.79 Å². The summed E-state index contributed by atoms with van der Waals surface area (Å²) in [6.07, 6.45) is 2.54. The molecule has 1 aromatic carbocycles. The second-order valence-electron chi connectivity index (χ2n) is 6.53. The highest BCUT2D eigenvalue weighted by atomic mass is 16.6. The standard InChI is InChI=1S/C18H21N5O3/c24-17(19-9-4-10-22-11-12-26-18(22)25)15-20-16(13-7-8-13)23(21-15)14-5-2-1-3-6-14/h1-3,5-6,13H,4,7-12H2,(H,19,24). The number of ether oxygens (including phenoxy) is 1. The quantitative estimate of drug-likeness (QED) is 0.764. The number of rotatable bonds is 7. The molecule has 136 valence electrons. The van der Waals surface area contributed by atoms with Gasteiger partial charge in [-0.25, -0.2) is 14.5 Å². The lowest BCUT2D eigenvalue weighted by molar-refractivity contribution is 0.0942. The van der Waals surface area contributed by atoms with Gasteiger partial charge in [-0.2, -0.15) is 0 Å². The molecule has 0 atom stereocenters. The Bertz CT molecular complexity index is 800. The fraction of sp³-hybridized carbons (Fsp3) is 0.444. The minimum Gasteiger partial charge on any atom is -0.448 e. The van der Waals surface area contributed by atoms with Crippen molar-refractivity contribution in [2.24, 2.45) is 0 Å². The summed E-state index contributed by atoms with van der Waals surface area (Å²) < 4.78 is 6.65. The van der Waals surface area contributed by atoms with Gasteiger partial charge in [0.15, 0.2) is 0 Å². The van der Waals surface area contributed by atoms with Crippen LogP contribution in [0.25, 0.3) is 5.69 Å². The first-order chi connectivity index (χ1) is 12.7. The highest BCUT2D eigenvalue weighted by molar-refractivity contribution is 5.90. The van der Waals surface area contributed by atoms with E-state index >= 15 is 0 Å². The van der Waals surface area contributed by atoms with Gasteiger partial charge in [0, 0.05) is 19.0 Å². The lowest BCUT2D eigenvalue weighted by Crippen LogP contribution is -2.31. The van der Waals surface area contributed by atoms with E-state index < -0.39 is 0 Å². The molecule has 1 aromatic heterocycles. The van der Waals surface area contributed by atoms with E-state index in [1.165, 1.54) is 0 Å². The summed E-state index contributed by atoms with van der Waals surface area (Å²) in [7, 11) is 0. The fourth-order valence-electron chi connectivity index (χ4n) is 2.97. The van der Waals surface area contributed by atoms with Crippen molar-refractivity contribution in [3.05, 3.63) is 42.0 Å². The summed E-state index contributed by atoms with van der Waals surface area (Å²) in [5.74, 6) is 1.13. The van der Waals surface area contributed by atoms with Gasteiger partial charge in [0.2, 0.25) is 5.82 Å². The predicted molar refractivity (Wildman–Crippen MR) is 93.2 cm³/mol. The average molecular weight is 355 g/mol. The molecule has 1 saturated heterocycles. The Morgan fingerprint density at radius 2 is 2.08 bits per heavy atom.